The second-order valence-electron chi connectivity index (χ2n) is 10.9. The van der Waals surface area contributed by atoms with E-state index in [9.17, 15) is 9.59 Å². The molecule has 1 aliphatic heterocycles. The van der Waals surface area contributed by atoms with Gasteiger partial charge in [-0.05, 0) is 104 Å². The van der Waals surface area contributed by atoms with Crippen LogP contribution < -0.4 is 33.8 Å². The zero-order chi connectivity index (χ0) is 34.7. The number of esters is 1. The lowest BCUT2D eigenvalue weighted by Crippen LogP contribution is -2.40. The number of hydrogen-bond donors (Lipinski definition) is 0. The number of allylic oxidation sites excluding steroid dienone is 1. The Morgan fingerprint density at radius 3 is 2.48 bits per heavy atom. The molecular formula is C35H33Cl2IN2O7S. The van der Waals surface area contributed by atoms with Gasteiger partial charge in [0.2, 0.25) is 0 Å². The topological polar surface area (TPSA) is 97.6 Å². The first-order chi connectivity index (χ1) is 22.9. The first kappa shape index (κ1) is 35.8. The zero-order valence-corrected chi connectivity index (χ0v) is 31.5. The molecule has 0 saturated carbocycles. The van der Waals surface area contributed by atoms with Gasteiger partial charge in [0.15, 0.2) is 27.8 Å². The number of aromatic nitrogens is 1. The third kappa shape index (κ3) is 7.54. The molecule has 5 rings (SSSR count). The van der Waals surface area contributed by atoms with Gasteiger partial charge in [-0.25, -0.2) is 9.79 Å². The van der Waals surface area contributed by atoms with E-state index in [1.807, 2.05) is 32.0 Å². The quantitative estimate of drug-likeness (QED) is 0.118. The Labute approximate surface area is 305 Å². The number of thiazole rings is 1. The van der Waals surface area contributed by atoms with E-state index < -0.39 is 12.0 Å². The van der Waals surface area contributed by atoms with Crippen LogP contribution in [0.15, 0.2) is 69.6 Å². The Kier molecular flexibility index (Phi) is 11.4. The number of hydrogen-bond acceptors (Lipinski definition) is 9. The SMILES string of the molecule is CCOC(=O)C1=C(C)N=c2s/c(=C\c3cc(I)c(OCc4ccc(Cl)cc4Cl)c(OC)c3)c(=O)n2[C@H]1c1ccc(OC(C)C)c(OC)c1. The lowest BCUT2D eigenvalue weighted by molar-refractivity contribution is -0.139. The monoisotopic (exact) mass is 822 g/mol. The first-order valence-corrected chi connectivity index (χ1v) is 17.6. The molecular weight excluding hydrogens is 790 g/mol. The highest BCUT2D eigenvalue weighted by atomic mass is 127. The van der Waals surface area contributed by atoms with E-state index in [0.717, 1.165) is 9.13 Å². The van der Waals surface area contributed by atoms with Gasteiger partial charge in [-0.3, -0.25) is 9.36 Å². The van der Waals surface area contributed by atoms with E-state index in [4.69, 9.17) is 46.9 Å². The molecule has 0 unspecified atom stereocenters. The van der Waals surface area contributed by atoms with E-state index in [2.05, 4.69) is 27.6 Å². The van der Waals surface area contributed by atoms with Crippen LogP contribution in [0.2, 0.25) is 10.0 Å². The van der Waals surface area contributed by atoms with Crippen molar-refractivity contribution in [1.82, 2.24) is 4.57 Å². The number of ether oxygens (including phenoxy) is 5. The van der Waals surface area contributed by atoms with Gasteiger partial charge in [-0.2, -0.15) is 0 Å². The number of carbonyl (C=O) groups is 1. The molecule has 0 radical (unpaired) electrons. The number of fused-ring (bicyclic) bond motifs is 1. The molecule has 0 fully saturated rings. The van der Waals surface area contributed by atoms with Crippen molar-refractivity contribution in [2.45, 2.75) is 46.4 Å². The van der Waals surface area contributed by atoms with Crippen LogP contribution in [-0.2, 0) is 16.1 Å². The van der Waals surface area contributed by atoms with Gasteiger partial charge in [0, 0.05) is 15.6 Å². The molecule has 252 valence electrons. The Balaban J connectivity index is 1.59. The van der Waals surface area contributed by atoms with Crippen LogP contribution in [0.1, 0.15) is 50.4 Å². The van der Waals surface area contributed by atoms with Gasteiger partial charge >= 0.3 is 5.97 Å². The number of nitrogens with zero attached hydrogens (tertiary/aromatic N) is 2. The molecule has 0 N–H and O–H groups in total. The second-order valence-corrected chi connectivity index (χ2v) is 14.0. The van der Waals surface area contributed by atoms with Crippen LogP contribution in [0.5, 0.6) is 23.0 Å². The Morgan fingerprint density at radius 2 is 1.81 bits per heavy atom. The Morgan fingerprint density at radius 1 is 1.06 bits per heavy atom. The van der Waals surface area contributed by atoms with Crippen molar-refractivity contribution < 1.29 is 28.5 Å². The van der Waals surface area contributed by atoms with E-state index in [1.54, 1.807) is 64.5 Å². The Hall–Kier alpha value is -3.52. The number of carbonyl (C=O) groups excluding carboxylic acids is 1. The van der Waals surface area contributed by atoms with Gasteiger partial charge in [-0.15, -0.1) is 0 Å². The molecule has 0 spiro atoms. The summed E-state index contributed by atoms with van der Waals surface area (Å²) in [6, 6.07) is 13.5. The van der Waals surface area contributed by atoms with Gasteiger partial charge in [0.25, 0.3) is 5.56 Å². The maximum absolute atomic E-state index is 14.2. The van der Waals surface area contributed by atoms with Crippen molar-refractivity contribution in [3.63, 3.8) is 0 Å². The molecule has 13 heteroatoms. The molecule has 1 atom stereocenters. The predicted octanol–water partition coefficient (Wildman–Crippen LogP) is 7.09. The molecule has 0 aliphatic carbocycles. The lowest BCUT2D eigenvalue weighted by Gasteiger charge is -2.25. The lowest BCUT2D eigenvalue weighted by atomic mass is 9.95. The third-order valence-electron chi connectivity index (χ3n) is 7.32. The smallest absolute Gasteiger partial charge is 0.338 e. The van der Waals surface area contributed by atoms with Crippen molar-refractivity contribution in [2.75, 3.05) is 20.8 Å². The van der Waals surface area contributed by atoms with Crippen LogP contribution in [0.3, 0.4) is 0 Å². The van der Waals surface area contributed by atoms with Crippen LogP contribution >= 0.6 is 57.1 Å². The summed E-state index contributed by atoms with van der Waals surface area (Å²) in [5.74, 6) is 1.50. The van der Waals surface area contributed by atoms with Crippen LogP contribution in [-0.4, -0.2) is 37.5 Å². The fourth-order valence-corrected chi connectivity index (χ4v) is 7.51. The van der Waals surface area contributed by atoms with Crippen molar-refractivity contribution in [3.05, 3.63) is 110 Å². The average molecular weight is 824 g/mol. The molecule has 48 heavy (non-hydrogen) atoms. The van der Waals surface area contributed by atoms with Gasteiger partial charge in [0.05, 0.1) is 52.3 Å². The molecule has 0 saturated heterocycles. The Bertz CT molecular complexity index is 2090. The van der Waals surface area contributed by atoms with Crippen molar-refractivity contribution >= 4 is 69.2 Å². The van der Waals surface area contributed by atoms with Gasteiger partial charge < -0.3 is 23.7 Å². The standard InChI is InChI=1S/C35H33Cl2IN2O7S/c1-7-45-34(42)30-19(4)39-35-40(31(30)21-9-11-26(47-18(2)3)27(15-21)43-5)33(41)29(48-35)14-20-12-25(38)32(28(13-20)44-6)46-17-22-8-10-23(36)16-24(22)37/h8-16,18,31H,7,17H2,1-6H3/b29-14-/t31-/m0/s1. The summed E-state index contributed by atoms with van der Waals surface area (Å²) in [6.45, 7) is 7.70. The minimum absolute atomic E-state index is 0.0797. The number of halogens is 3. The van der Waals surface area contributed by atoms with Crippen LogP contribution in [0, 0.1) is 3.57 Å². The maximum atomic E-state index is 14.2. The van der Waals surface area contributed by atoms with E-state index in [-0.39, 0.29) is 30.5 Å². The number of methoxy groups -OCH3 is 2. The van der Waals surface area contributed by atoms with Crippen molar-refractivity contribution in [3.8, 4) is 23.0 Å². The molecule has 2 heterocycles. The normalized spacial score (nSPS) is 14.5. The summed E-state index contributed by atoms with van der Waals surface area (Å²) in [5.41, 5.74) is 2.56. The first-order valence-electron chi connectivity index (χ1n) is 14.9. The van der Waals surface area contributed by atoms with Gasteiger partial charge in [-0.1, -0.05) is 46.7 Å². The van der Waals surface area contributed by atoms with E-state index in [1.165, 1.54) is 15.9 Å². The molecule has 1 aliphatic rings. The summed E-state index contributed by atoms with van der Waals surface area (Å²) in [5, 5.41) is 1.04. The molecule has 4 aromatic rings. The van der Waals surface area contributed by atoms with Crippen LogP contribution in [0.25, 0.3) is 6.08 Å². The summed E-state index contributed by atoms with van der Waals surface area (Å²) in [7, 11) is 3.10. The predicted molar refractivity (Wildman–Crippen MR) is 196 cm³/mol. The molecule has 9 nitrogen and oxygen atoms in total. The van der Waals surface area contributed by atoms with E-state index >= 15 is 0 Å². The molecule has 0 amide bonds. The minimum atomic E-state index is -0.811. The van der Waals surface area contributed by atoms with E-state index in [0.29, 0.717) is 59.2 Å². The number of benzene rings is 3. The fraction of sp³-hybridized carbons (Fsp3) is 0.286. The molecule has 1 aromatic heterocycles. The third-order valence-corrected chi connectivity index (χ3v) is 9.69. The summed E-state index contributed by atoms with van der Waals surface area (Å²) < 4.78 is 31.5. The highest BCUT2D eigenvalue weighted by Gasteiger charge is 2.34. The number of rotatable bonds is 11. The van der Waals surface area contributed by atoms with Crippen molar-refractivity contribution in [2.24, 2.45) is 4.99 Å². The second kappa shape index (κ2) is 15.4. The zero-order valence-electron chi connectivity index (χ0n) is 27.1. The summed E-state index contributed by atoms with van der Waals surface area (Å²) >= 11 is 15.8. The highest BCUT2D eigenvalue weighted by molar-refractivity contribution is 14.1. The summed E-state index contributed by atoms with van der Waals surface area (Å²) in [6.07, 6.45) is 1.69. The fourth-order valence-electron chi connectivity index (χ4n) is 5.22. The largest absolute Gasteiger partial charge is 0.493 e. The summed E-state index contributed by atoms with van der Waals surface area (Å²) in [4.78, 5) is 32.7. The molecule has 3 aromatic carbocycles. The average Bonchev–Trinajstić information content (AvgIpc) is 3.34. The maximum Gasteiger partial charge on any atom is 0.338 e. The van der Waals surface area contributed by atoms with Crippen molar-refractivity contribution in [1.29, 1.82) is 0 Å². The highest BCUT2D eigenvalue weighted by Crippen LogP contribution is 2.37. The molecule has 0 bridgehead atoms. The minimum Gasteiger partial charge on any atom is -0.493 e. The van der Waals surface area contributed by atoms with Crippen LogP contribution in [0.4, 0.5) is 0 Å². The van der Waals surface area contributed by atoms with Gasteiger partial charge in [0.1, 0.15) is 6.61 Å².